The summed E-state index contributed by atoms with van der Waals surface area (Å²) in [6.07, 6.45) is -0.981. The molecule has 11 heteroatoms. The van der Waals surface area contributed by atoms with Crippen molar-refractivity contribution >= 4 is 23.1 Å². The lowest BCUT2D eigenvalue weighted by Gasteiger charge is -2.16. The van der Waals surface area contributed by atoms with E-state index in [4.69, 9.17) is 5.26 Å². The SMILES string of the molecule is N#Cc1ccc(C(=O)CC2(C(=O)NCc3ccc(Nc4ccc(F)cc4C(F)(F)F)cn3)CC2)cn1. The Balaban J connectivity index is 1.34. The number of hydrogen-bond acceptors (Lipinski definition) is 6. The van der Waals surface area contributed by atoms with Crippen LogP contribution in [0.4, 0.5) is 28.9 Å². The zero-order chi connectivity index (χ0) is 25.9. The number of halogens is 4. The second-order valence-corrected chi connectivity index (χ2v) is 8.46. The third-order valence-corrected chi connectivity index (χ3v) is 5.85. The lowest BCUT2D eigenvalue weighted by molar-refractivity contribution is -0.137. The zero-order valence-electron chi connectivity index (χ0n) is 18.7. The largest absolute Gasteiger partial charge is 0.418 e. The zero-order valence-corrected chi connectivity index (χ0v) is 18.7. The quantitative estimate of drug-likeness (QED) is 0.338. The molecule has 3 aromatic rings. The smallest absolute Gasteiger partial charge is 0.354 e. The van der Waals surface area contributed by atoms with Gasteiger partial charge in [-0.2, -0.15) is 18.4 Å². The molecule has 0 bridgehead atoms. The van der Waals surface area contributed by atoms with Crippen LogP contribution in [0.5, 0.6) is 0 Å². The van der Waals surface area contributed by atoms with Gasteiger partial charge in [0.2, 0.25) is 5.91 Å². The van der Waals surface area contributed by atoms with E-state index in [2.05, 4.69) is 20.6 Å². The van der Waals surface area contributed by atoms with E-state index in [0.29, 0.717) is 30.2 Å². The van der Waals surface area contributed by atoms with E-state index in [9.17, 15) is 27.2 Å². The fraction of sp³-hybridized carbons (Fsp3) is 0.240. The number of pyridine rings is 2. The molecule has 1 amide bonds. The van der Waals surface area contributed by atoms with E-state index in [0.717, 1.165) is 12.1 Å². The van der Waals surface area contributed by atoms with Crippen LogP contribution in [-0.4, -0.2) is 21.7 Å². The summed E-state index contributed by atoms with van der Waals surface area (Å²) in [6.45, 7) is 0.0673. The van der Waals surface area contributed by atoms with Crippen molar-refractivity contribution < 1.29 is 27.2 Å². The minimum absolute atomic E-state index is 0.0158. The van der Waals surface area contributed by atoms with Gasteiger partial charge in [-0.15, -0.1) is 0 Å². The number of carbonyl (C=O) groups excluding carboxylic acids is 2. The number of Topliss-reactive ketones (excluding diaryl/α,β-unsaturated/α-hetero) is 1. The third-order valence-electron chi connectivity index (χ3n) is 5.85. The van der Waals surface area contributed by atoms with Crippen molar-refractivity contribution in [3.05, 3.63) is 83.2 Å². The van der Waals surface area contributed by atoms with Crippen molar-refractivity contribution in [3.63, 3.8) is 0 Å². The molecule has 184 valence electrons. The molecular formula is C25H19F4N5O2. The van der Waals surface area contributed by atoms with Gasteiger partial charge in [0.15, 0.2) is 5.78 Å². The molecule has 0 saturated heterocycles. The first-order valence-corrected chi connectivity index (χ1v) is 10.9. The second kappa shape index (κ2) is 9.73. The molecule has 36 heavy (non-hydrogen) atoms. The number of aromatic nitrogens is 2. The van der Waals surface area contributed by atoms with E-state index in [1.807, 2.05) is 6.07 Å². The second-order valence-electron chi connectivity index (χ2n) is 8.46. The first-order chi connectivity index (χ1) is 17.1. The van der Waals surface area contributed by atoms with Crippen molar-refractivity contribution in [2.45, 2.75) is 32.0 Å². The minimum atomic E-state index is -4.74. The number of benzene rings is 1. The van der Waals surface area contributed by atoms with Crippen LogP contribution < -0.4 is 10.6 Å². The van der Waals surface area contributed by atoms with E-state index in [1.54, 1.807) is 0 Å². The number of hydrogen-bond donors (Lipinski definition) is 2. The Kier molecular flexibility index (Phi) is 6.70. The van der Waals surface area contributed by atoms with Crippen LogP contribution in [0.15, 0.2) is 54.9 Å². The first kappa shape index (κ1) is 24.8. The van der Waals surface area contributed by atoms with Gasteiger partial charge in [-0.3, -0.25) is 14.6 Å². The number of ketones is 1. The number of carbonyl (C=O) groups is 2. The summed E-state index contributed by atoms with van der Waals surface area (Å²) in [7, 11) is 0. The highest BCUT2D eigenvalue weighted by atomic mass is 19.4. The van der Waals surface area contributed by atoms with Gasteiger partial charge in [0.05, 0.1) is 40.8 Å². The molecule has 0 radical (unpaired) electrons. The summed E-state index contributed by atoms with van der Waals surface area (Å²) in [5, 5.41) is 14.1. The molecule has 2 N–H and O–H groups in total. The van der Waals surface area contributed by atoms with Crippen molar-refractivity contribution in [3.8, 4) is 6.07 Å². The highest BCUT2D eigenvalue weighted by Crippen LogP contribution is 2.49. The summed E-state index contributed by atoms with van der Waals surface area (Å²) < 4.78 is 52.8. The van der Waals surface area contributed by atoms with E-state index in [-0.39, 0.29) is 41.7 Å². The molecule has 1 aliphatic carbocycles. The summed E-state index contributed by atoms with van der Waals surface area (Å²) in [6, 6.07) is 10.2. The Morgan fingerprint density at radius 3 is 2.42 bits per heavy atom. The average Bonchev–Trinajstić information content (AvgIpc) is 3.64. The maximum atomic E-state index is 13.3. The van der Waals surface area contributed by atoms with Crippen LogP contribution in [-0.2, 0) is 17.5 Å². The summed E-state index contributed by atoms with van der Waals surface area (Å²) in [5.41, 5.74) is -1.03. The maximum Gasteiger partial charge on any atom is 0.418 e. The molecule has 0 aliphatic heterocycles. The number of nitriles is 1. The molecule has 0 unspecified atom stereocenters. The van der Waals surface area contributed by atoms with Crippen LogP contribution in [0.3, 0.4) is 0 Å². The summed E-state index contributed by atoms with van der Waals surface area (Å²) in [5.74, 6) is -1.53. The molecule has 1 aromatic carbocycles. The van der Waals surface area contributed by atoms with Gasteiger partial charge in [0, 0.05) is 18.2 Å². The fourth-order valence-corrected chi connectivity index (χ4v) is 3.65. The first-order valence-electron chi connectivity index (χ1n) is 10.9. The van der Waals surface area contributed by atoms with Crippen molar-refractivity contribution in [1.82, 2.24) is 15.3 Å². The molecular weight excluding hydrogens is 478 g/mol. The Bertz CT molecular complexity index is 1330. The average molecular weight is 497 g/mol. The Morgan fingerprint density at radius 1 is 1.06 bits per heavy atom. The highest BCUT2D eigenvalue weighted by Gasteiger charge is 2.51. The standard InChI is InChI=1S/C25H19F4N5O2/c26-16-2-6-21(20(9-16)25(27,28)29)34-19-5-4-18(32-14-19)13-33-23(36)24(7-8-24)10-22(35)15-1-3-17(11-30)31-12-15/h1-6,9,12,14,34H,7-8,10,13H2,(H,33,36). The van der Waals surface area contributed by atoms with E-state index < -0.39 is 23.0 Å². The Labute approximate surface area is 203 Å². The van der Waals surface area contributed by atoms with Crippen LogP contribution in [0.1, 0.15) is 46.6 Å². The van der Waals surface area contributed by atoms with Gasteiger partial charge in [-0.05, 0) is 55.3 Å². The molecule has 2 heterocycles. The van der Waals surface area contributed by atoms with Crippen molar-refractivity contribution in [2.24, 2.45) is 5.41 Å². The van der Waals surface area contributed by atoms with Gasteiger partial charge in [0.25, 0.3) is 0 Å². The number of nitrogens with zero attached hydrogens (tertiary/aromatic N) is 3. The molecule has 0 atom stereocenters. The van der Waals surface area contributed by atoms with Crippen LogP contribution in [0, 0.1) is 22.6 Å². The van der Waals surface area contributed by atoms with Crippen molar-refractivity contribution in [1.29, 1.82) is 5.26 Å². The normalized spacial score (nSPS) is 14.0. The molecule has 1 aliphatic rings. The predicted octanol–water partition coefficient (Wildman–Crippen LogP) is 4.92. The maximum absolute atomic E-state index is 13.3. The fourth-order valence-electron chi connectivity index (χ4n) is 3.65. The number of amides is 1. The lowest BCUT2D eigenvalue weighted by Crippen LogP contribution is -2.33. The van der Waals surface area contributed by atoms with Gasteiger partial charge in [-0.25, -0.2) is 9.37 Å². The van der Waals surface area contributed by atoms with Crippen LogP contribution in [0.2, 0.25) is 0 Å². The van der Waals surface area contributed by atoms with Gasteiger partial charge in [0.1, 0.15) is 17.6 Å². The molecule has 2 aromatic heterocycles. The van der Waals surface area contributed by atoms with E-state index >= 15 is 0 Å². The van der Waals surface area contributed by atoms with Gasteiger partial charge >= 0.3 is 6.18 Å². The molecule has 4 rings (SSSR count). The number of alkyl halides is 3. The number of nitrogens with one attached hydrogen (secondary N) is 2. The van der Waals surface area contributed by atoms with Crippen LogP contribution >= 0.6 is 0 Å². The minimum Gasteiger partial charge on any atom is -0.354 e. The highest BCUT2D eigenvalue weighted by molar-refractivity contribution is 6.00. The Hall–Kier alpha value is -4.33. The lowest BCUT2D eigenvalue weighted by atomic mass is 9.95. The number of rotatable bonds is 8. The van der Waals surface area contributed by atoms with Gasteiger partial charge in [-0.1, -0.05) is 0 Å². The molecule has 0 spiro atoms. The van der Waals surface area contributed by atoms with Crippen molar-refractivity contribution in [2.75, 3.05) is 5.32 Å². The van der Waals surface area contributed by atoms with E-state index in [1.165, 1.54) is 36.7 Å². The van der Waals surface area contributed by atoms with Crippen LogP contribution in [0.25, 0.3) is 0 Å². The third kappa shape index (κ3) is 5.66. The summed E-state index contributed by atoms with van der Waals surface area (Å²) in [4.78, 5) is 33.3. The molecule has 1 fully saturated rings. The number of anilines is 2. The summed E-state index contributed by atoms with van der Waals surface area (Å²) >= 11 is 0. The predicted molar refractivity (Wildman–Crippen MR) is 120 cm³/mol. The molecule has 1 saturated carbocycles. The monoisotopic (exact) mass is 497 g/mol. The molecule has 7 nitrogen and oxygen atoms in total. The van der Waals surface area contributed by atoms with Gasteiger partial charge < -0.3 is 10.6 Å². The topological polar surface area (TPSA) is 108 Å². The Morgan fingerprint density at radius 2 is 1.83 bits per heavy atom.